The van der Waals surface area contributed by atoms with E-state index in [1.807, 2.05) is 0 Å². The monoisotopic (exact) mass is 361 g/mol. The SMILES string of the molecule is CNc1nc(-c2cc(C(F)(F)F)cs2)c(CN2CCCC2C)s1. The Hall–Kier alpha value is -1.12. The van der Waals surface area contributed by atoms with Crippen LogP contribution in [-0.4, -0.2) is 29.5 Å². The van der Waals surface area contributed by atoms with Gasteiger partial charge in [0, 0.05) is 29.9 Å². The van der Waals surface area contributed by atoms with Crippen LogP contribution < -0.4 is 5.32 Å². The summed E-state index contributed by atoms with van der Waals surface area (Å²) in [7, 11) is 1.78. The molecule has 0 radical (unpaired) electrons. The number of nitrogens with zero attached hydrogens (tertiary/aromatic N) is 2. The predicted molar refractivity (Wildman–Crippen MR) is 89.1 cm³/mol. The Morgan fingerprint density at radius 1 is 1.43 bits per heavy atom. The van der Waals surface area contributed by atoms with Gasteiger partial charge in [-0.15, -0.1) is 22.7 Å². The number of anilines is 1. The molecule has 3 nitrogen and oxygen atoms in total. The van der Waals surface area contributed by atoms with Gasteiger partial charge in [-0.05, 0) is 32.4 Å². The molecule has 0 saturated carbocycles. The highest BCUT2D eigenvalue weighted by molar-refractivity contribution is 7.17. The standard InChI is InChI=1S/C15H18F3N3S2/c1-9-4-3-5-21(9)7-12-13(20-14(19-2)23-12)11-6-10(8-22-11)15(16,17)18/h6,8-9H,3-5,7H2,1-2H3,(H,19,20). The lowest BCUT2D eigenvalue weighted by molar-refractivity contribution is -0.137. The predicted octanol–water partition coefficient (Wildman–Crippen LogP) is 4.92. The molecule has 2 aromatic heterocycles. The lowest BCUT2D eigenvalue weighted by Crippen LogP contribution is -2.25. The fourth-order valence-corrected chi connectivity index (χ4v) is 4.73. The van der Waals surface area contributed by atoms with Gasteiger partial charge in [-0.1, -0.05) is 0 Å². The number of hydrogen-bond donors (Lipinski definition) is 1. The van der Waals surface area contributed by atoms with E-state index in [0.29, 0.717) is 16.6 Å². The Labute approximate surface area is 141 Å². The van der Waals surface area contributed by atoms with Crippen molar-refractivity contribution in [1.82, 2.24) is 9.88 Å². The van der Waals surface area contributed by atoms with Gasteiger partial charge in [0.15, 0.2) is 5.13 Å². The summed E-state index contributed by atoms with van der Waals surface area (Å²) in [5, 5.41) is 4.90. The van der Waals surface area contributed by atoms with Crippen molar-refractivity contribution in [2.24, 2.45) is 0 Å². The van der Waals surface area contributed by atoms with Crippen LogP contribution in [0.4, 0.5) is 18.3 Å². The first-order chi connectivity index (χ1) is 10.9. The van der Waals surface area contributed by atoms with Crippen molar-refractivity contribution in [3.63, 3.8) is 0 Å². The Bertz CT molecular complexity index is 678. The molecule has 3 rings (SSSR count). The number of alkyl halides is 3. The zero-order valence-electron chi connectivity index (χ0n) is 12.9. The lowest BCUT2D eigenvalue weighted by Gasteiger charge is -2.20. The van der Waals surface area contributed by atoms with E-state index in [-0.39, 0.29) is 0 Å². The van der Waals surface area contributed by atoms with Crippen LogP contribution in [0.25, 0.3) is 10.6 Å². The number of hydrogen-bond acceptors (Lipinski definition) is 5. The molecule has 0 aromatic carbocycles. The van der Waals surface area contributed by atoms with Crippen molar-refractivity contribution in [2.75, 3.05) is 18.9 Å². The molecule has 0 aliphatic carbocycles. The van der Waals surface area contributed by atoms with Crippen LogP contribution in [-0.2, 0) is 12.7 Å². The average molecular weight is 361 g/mol. The van der Waals surface area contributed by atoms with Crippen LogP contribution in [0.5, 0.6) is 0 Å². The molecule has 1 atom stereocenters. The molecule has 23 heavy (non-hydrogen) atoms. The molecule has 1 saturated heterocycles. The Morgan fingerprint density at radius 2 is 2.22 bits per heavy atom. The van der Waals surface area contributed by atoms with E-state index in [0.717, 1.165) is 39.8 Å². The first-order valence-electron chi connectivity index (χ1n) is 7.46. The molecule has 126 valence electrons. The van der Waals surface area contributed by atoms with Gasteiger partial charge in [0.25, 0.3) is 0 Å². The first kappa shape index (κ1) is 16.7. The second-order valence-corrected chi connectivity index (χ2v) is 7.69. The zero-order chi connectivity index (χ0) is 16.6. The Kier molecular flexibility index (Phi) is 4.66. The van der Waals surface area contributed by atoms with E-state index in [1.54, 1.807) is 7.05 Å². The molecule has 1 unspecified atom stereocenters. The summed E-state index contributed by atoms with van der Waals surface area (Å²) in [6, 6.07) is 1.72. The Morgan fingerprint density at radius 3 is 2.78 bits per heavy atom. The molecule has 1 N–H and O–H groups in total. The highest BCUT2D eigenvalue weighted by atomic mass is 32.1. The summed E-state index contributed by atoms with van der Waals surface area (Å²) in [4.78, 5) is 8.46. The minimum absolute atomic E-state index is 0.511. The van der Waals surface area contributed by atoms with E-state index >= 15 is 0 Å². The first-order valence-corrected chi connectivity index (χ1v) is 9.15. The van der Waals surface area contributed by atoms with Crippen LogP contribution in [0, 0.1) is 0 Å². The fraction of sp³-hybridized carbons (Fsp3) is 0.533. The van der Waals surface area contributed by atoms with Crippen LogP contribution in [0.2, 0.25) is 0 Å². The largest absolute Gasteiger partial charge is 0.417 e. The summed E-state index contributed by atoms with van der Waals surface area (Å²) in [6.45, 7) is 3.97. The smallest absolute Gasteiger partial charge is 0.365 e. The van der Waals surface area contributed by atoms with Gasteiger partial charge >= 0.3 is 6.18 Å². The van der Waals surface area contributed by atoms with Crippen LogP contribution in [0.3, 0.4) is 0 Å². The number of halogens is 3. The molecular weight excluding hydrogens is 343 g/mol. The van der Waals surface area contributed by atoms with E-state index in [1.165, 1.54) is 30.2 Å². The van der Waals surface area contributed by atoms with Gasteiger partial charge in [-0.3, -0.25) is 4.90 Å². The van der Waals surface area contributed by atoms with Crippen LogP contribution in [0.15, 0.2) is 11.4 Å². The van der Waals surface area contributed by atoms with Gasteiger partial charge in [0.1, 0.15) is 0 Å². The van der Waals surface area contributed by atoms with Gasteiger partial charge in [-0.2, -0.15) is 13.2 Å². The third kappa shape index (κ3) is 3.54. The van der Waals surface area contributed by atoms with Gasteiger partial charge in [0.2, 0.25) is 0 Å². The quantitative estimate of drug-likeness (QED) is 0.838. The maximum absolute atomic E-state index is 12.8. The van der Waals surface area contributed by atoms with E-state index in [9.17, 15) is 13.2 Å². The average Bonchev–Trinajstić information content (AvgIpc) is 3.19. The van der Waals surface area contributed by atoms with Crippen molar-refractivity contribution in [2.45, 2.75) is 38.5 Å². The molecule has 3 heterocycles. The maximum Gasteiger partial charge on any atom is 0.417 e. The number of thiazole rings is 1. The molecule has 8 heteroatoms. The zero-order valence-corrected chi connectivity index (χ0v) is 14.5. The topological polar surface area (TPSA) is 28.2 Å². The number of rotatable bonds is 4. The molecule has 2 aromatic rings. The van der Waals surface area contributed by atoms with Crippen molar-refractivity contribution < 1.29 is 13.2 Å². The molecule has 1 fully saturated rings. The second kappa shape index (κ2) is 6.41. The highest BCUT2D eigenvalue weighted by Crippen LogP contribution is 2.40. The molecular formula is C15H18F3N3S2. The molecule has 0 spiro atoms. The fourth-order valence-electron chi connectivity index (χ4n) is 2.78. The number of thiophene rings is 1. The number of likely N-dealkylation sites (tertiary alicyclic amines) is 1. The third-order valence-electron chi connectivity index (χ3n) is 4.11. The molecule has 0 amide bonds. The number of aromatic nitrogens is 1. The highest BCUT2D eigenvalue weighted by Gasteiger charge is 2.32. The summed E-state index contributed by atoms with van der Waals surface area (Å²) < 4.78 is 38.5. The normalized spacial score (nSPS) is 19.4. The summed E-state index contributed by atoms with van der Waals surface area (Å²) >= 11 is 2.63. The molecule has 1 aliphatic heterocycles. The Balaban J connectivity index is 1.91. The van der Waals surface area contributed by atoms with Crippen LogP contribution in [0.1, 0.15) is 30.2 Å². The van der Waals surface area contributed by atoms with Crippen LogP contribution >= 0.6 is 22.7 Å². The van der Waals surface area contributed by atoms with Gasteiger partial charge < -0.3 is 5.32 Å². The van der Waals surface area contributed by atoms with E-state index in [2.05, 4.69) is 22.1 Å². The van der Waals surface area contributed by atoms with Crippen molar-refractivity contribution in [1.29, 1.82) is 0 Å². The van der Waals surface area contributed by atoms with Crippen molar-refractivity contribution in [3.8, 4) is 10.6 Å². The molecule has 1 aliphatic rings. The van der Waals surface area contributed by atoms with E-state index in [4.69, 9.17) is 0 Å². The van der Waals surface area contributed by atoms with Crippen molar-refractivity contribution >= 4 is 27.8 Å². The minimum Gasteiger partial charge on any atom is -0.365 e. The van der Waals surface area contributed by atoms with Gasteiger partial charge in [0.05, 0.1) is 16.1 Å². The number of nitrogens with one attached hydrogen (secondary N) is 1. The van der Waals surface area contributed by atoms with Crippen molar-refractivity contribution in [3.05, 3.63) is 21.9 Å². The van der Waals surface area contributed by atoms with Gasteiger partial charge in [-0.25, -0.2) is 4.98 Å². The van der Waals surface area contributed by atoms with E-state index < -0.39 is 11.7 Å². The summed E-state index contributed by atoms with van der Waals surface area (Å²) in [5.74, 6) is 0. The molecule has 0 bridgehead atoms. The lowest BCUT2D eigenvalue weighted by atomic mass is 10.2. The third-order valence-corrected chi connectivity index (χ3v) is 6.10. The minimum atomic E-state index is -4.31. The summed E-state index contributed by atoms with van der Waals surface area (Å²) in [6.07, 6.45) is -1.96. The summed E-state index contributed by atoms with van der Waals surface area (Å²) in [5.41, 5.74) is 0.0796. The maximum atomic E-state index is 12.8. The second-order valence-electron chi connectivity index (χ2n) is 5.70.